The van der Waals surface area contributed by atoms with Gasteiger partial charge in [-0.1, -0.05) is 6.07 Å². The standard InChI is InChI=1S/C13H19NO4/c1-13(2,17)9-14-6-7-18-11-5-3-4-10(8-11)12(15)16/h3-5,8,14,17H,6-7,9H2,1-2H3,(H,15,16). The first kappa shape index (κ1) is 14.5. The minimum atomic E-state index is -0.972. The Bertz CT molecular complexity index is 398. The minimum absolute atomic E-state index is 0.206. The van der Waals surface area contributed by atoms with Crippen molar-refractivity contribution in [2.24, 2.45) is 0 Å². The quantitative estimate of drug-likeness (QED) is 0.635. The van der Waals surface area contributed by atoms with Crippen molar-refractivity contribution in [3.8, 4) is 5.75 Å². The predicted octanol–water partition coefficient (Wildman–Crippen LogP) is 1.12. The fraction of sp³-hybridized carbons (Fsp3) is 0.462. The first-order chi connectivity index (χ1) is 8.38. The van der Waals surface area contributed by atoms with Crippen molar-refractivity contribution in [1.29, 1.82) is 0 Å². The van der Waals surface area contributed by atoms with E-state index >= 15 is 0 Å². The highest BCUT2D eigenvalue weighted by atomic mass is 16.5. The van der Waals surface area contributed by atoms with E-state index in [-0.39, 0.29) is 5.56 Å². The molecule has 0 bridgehead atoms. The zero-order valence-electron chi connectivity index (χ0n) is 10.6. The number of carboxylic acids is 1. The van der Waals surface area contributed by atoms with Gasteiger partial charge in [0, 0.05) is 13.1 Å². The molecule has 0 radical (unpaired) electrons. The zero-order valence-corrected chi connectivity index (χ0v) is 10.6. The molecule has 18 heavy (non-hydrogen) atoms. The van der Waals surface area contributed by atoms with Gasteiger partial charge < -0.3 is 20.3 Å². The van der Waals surface area contributed by atoms with Crippen LogP contribution in [-0.4, -0.2) is 41.5 Å². The van der Waals surface area contributed by atoms with Gasteiger partial charge in [0.25, 0.3) is 0 Å². The highest BCUT2D eigenvalue weighted by Crippen LogP contribution is 2.12. The van der Waals surface area contributed by atoms with E-state index in [2.05, 4.69) is 5.32 Å². The second kappa shape index (κ2) is 6.37. The molecule has 0 fully saturated rings. The van der Waals surface area contributed by atoms with Gasteiger partial charge in [0.1, 0.15) is 12.4 Å². The first-order valence-electron chi connectivity index (χ1n) is 5.78. The molecular weight excluding hydrogens is 234 g/mol. The first-order valence-corrected chi connectivity index (χ1v) is 5.78. The maximum atomic E-state index is 10.7. The lowest BCUT2D eigenvalue weighted by atomic mass is 10.1. The van der Waals surface area contributed by atoms with Crippen LogP contribution in [0.5, 0.6) is 5.75 Å². The number of carbonyl (C=O) groups is 1. The molecule has 5 heteroatoms. The average Bonchev–Trinajstić information content (AvgIpc) is 2.27. The number of nitrogens with one attached hydrogen (secondary N) is 1. The molecule has 0 aliphatic carbocycles. The molecule has 0 spiro atoms. The van der Waals surface area contributed by atoms with Crippen LogP contribution in [0.4, 0.5) is 0 Å². The normalized spacial score (nSPS) is 11.3. The molecule has 1 aromatic carbocycles. The summed E-state index contributed by atoms with van der Waals surface area (Å²) in [5, 5.41) is 21.3. The Hall–Kier alpha value is -1.59. The van der Waals surface area contributed by atoms with E-state index < -0.39 is 11.6 Å². The molecule has 0 unspecified atom stereocenters. The number of hydrogen-bond donors (Lipinski definition) is 3. The van der Waals surface area contributed by atoms with E-state index in [0.717, 1.165) is 0 Å². The van der Waals surface area contributed by atoms with Crippen molar-refractivity contribution in [3.05, 3.63) is 29.8 Å². The summed E-state index contributed by atoms with van der Waals surface area (Å²) in [6.45, 7) is 4.92. The second-order valence-electron chi connectivity index (χ2n) is 4.67. The van der Waals surface area contributed by atoms with Gasteiger partial charge in [0.05, 0.1) is 11.2 Å². The predicted molar refractivity (Wildman–Crippen MR) is 68.1 cm³/mol. The molecule has 5 nitrogen and oxygen atoms in total. The van der Waals surface area contributed by atoms with Crippen molar-refractivity contribution < 1.29 is 19.7 Å². The van der Waals surface area contributed by atoms with Crippen molar-refractivity contribution >= 4 is 5.97 Å². The highest BCUT2D eigenvalue weighted by molar-refractivity contribution is 5.87. The van der Waals surface area contributed by atoms with Crippen molar-refractivity contribution in [1.82, 2.24) is 5.32 Å². The van der Waals surface area contributed by atoms with Gasteiger partial charge in [-0.25, -0.2) is 4.79 Å². The van der Waals surface area contributed by atoms with Crippen molar-refractivity contribution in [3.63, 3.8) is 0 Å². The maximum Gasteiger partial charge on any atom is 0.335 e. The summed E-state index contributed by atoms with van der Waals surface area (Å²) >= 11 is 0. The molecule has 0 saturated carbocycles. The molecule has 0 aliphatic heterocycles. The maximum absolute atomic E-state index is 10.7. The molecule has 0 atom stereocenters. The number of benzene rings is 1. The Kier molecular flexibility index (Phi) is 5.12. The molecule has 0 aliphatic rings. The van der Waals surface area contributed by atoms with Crippen LogP contribution in [-0.2, 0) is 0 Å². The smallest absolute Gasteiger partial charge is 0.335 e. The van der Waals surface area contributed by atoms with Gasteiger partial charge in [-0.3, -0.25) is 0 Å². The molecule has 0 aromatic heterocycles. The van der Waals surface area contributed by atoms with Gasteiger partial charge in [0.2, 0.25) is 0 Å². The summed E-state index contributed by atoms with van der Waals surface area (Å²) in [5.41, 5.74) is -0.541. The summed E-state index contributed by atoms with van der Waals surface area (Å²) in [6, 6.07) is 6.35. The van der Waals surface area contributed by atoms with E-state index in [1.807, 2.05) is 0 Å². The number of hydrogen-bond acceptors (Lipinski definition) is 4. The summed E-state index contributed by atoms with van der Waals surface area (Å²) in [5.74, 6) is -0.444. The Balaban J connectivity index is 2.31. The third kappa shape index (κ3) is 5.65. The Labute approximate surface area is 106 Å². The second-order valence-corrected chi connectivity index (χ2v) is 4.67. The van der Waals surface area contributed by atoms with Crippen LogP contribution in [0.1, 0.15) is 24.2 Å². The van der Waals surface area contributed by atoms with Gasteiger partial charge in [-0.05, 0) is 32.0 Å². The van der Waals surface area contributed by atoms with Crippen LogP contribution in [0, 0.1) is 0 Å². The minimum Gasteiger partial charge on any atom is -0.492 e. The molecule has 100 valence electrons. The number of rotatable bonds is 7. The fourth-order valence-electron chi connectivity index (χ4n) is 1.35. The Morgan fingerprint density at radius 2 is 2.17 bits per heavy atom. The Morgan fingerprint density at radius 3 is 2.78 bits per heavy atom. The largest absolute Gasteiger partial charge is 0.492 e. The van der Waals surface area contributed by atoms with Gasteiger partial charge >= 0.3 is 5.97 Å². The van der Waals surface area contributed by atoms with Gasteiger partial charge in [0.15, 0.2) is 0 Å². The lowest BCUT2D eigenvalue weighted by molar-refractivity contribution is 0.0695. The molecule has 1 aromatic rings. The Morgan fingerprint density at radius 1 is 1.44 bits per heavy atom. The average molecular weight is 253 g/mol. The lowest BCUT2D eigenvalue weighted by Gasteiger charge is -2.17. The summed E-state index contributed by atoms with van der Waals surface area (Å²) in [4.78, 5) is 10.7. The number of aromatic carboxylic acids is 1. The summed E-state index contributed by atoms with van der Waals surface area (Å²) in [7, 11) is 0. The van der Waals surface area contributed by atoms with Crippen LogP contribution < -0.4 is 10.1 Å². The monoisotopic (exact) mass is 253 g/mol. The van der Waals surface area contributed by atoms with Gasteiger partial charge in [-0.2, -0.15) is 0 Å². The van der Waals surface area contributed by atoms with Crippen LogP contribution in [0.15, 0.2) is 24.3 Å². The molecule has 1 rings (SSSR count). The summed E-state index contributed by atoms with van der Waals surface area (Å²) < 4.78 is 5.40. The molecular formula is C13H19NO4. The van der Waals surface area contributed by atoms with E-state index in [9.17, 15) is 9.90 Å². The van der Waals surface area contributed by atoms with E-state index in [1.165, 1.54) is 12.1 Å². The highest BCUT2D eigenvalue weighted by Gasteiger charge is 2.10. The molecule has 0 heterocycles. The third-order valence-electron chi connectivity index (χ3n) is 2.19. The van der Waals surface area contributed by atoms with Crippen molar-refractivity contribution in [2.75, 3.05) is 19.7 Å². The molecule has 0 saturated heterocycles. The van der Waals surface area contributed by atoms with Crippen LogP contribution in [0.3, 0.4) is 0 Å². The van der Waals surface area contributed by atoms with Crippen LogP contribution in [0.2, 0.25) is 0 Å². The van der Waals surface area contributed by atoms with Crippen molar-refractivity contribution in [2.45, 2.75) is 19.4 Å². The van der Waals surface area contributed by atoms with E-state index in [1.54, 1.807) is 26.0 Å². The third-order valence-corrected chi connectivity index (χ3v) is 2.19. The van der Waals surface area contributed by atoms with Crippen LogP contribution >= 0.6 is 0 Å². The molecule has 0 amide bonds. The van der Waals surface area contributed by atoms with E-state index in [0.29, 0.717) is 25.4 Å². The van der Waals surface area contributed by atoms with Crippen LogP contribution in [0.25, 0.3) is 0 Å². The topological polar surface area (TPSA) is 78.8 Å². The summed E-state index contributed by atoms with van der Waals surface area (Å²) in [6.07, 6.45) is 0. The number of carboxylic acid groups (broad SMARTS) is 1. The van der Waals surface area contributed by atoms with E-state index in [4.69, 9.17) is 9.84 Å². The number of aliphatic hydroxyl groups is 1. The molecule has 3 N–H and O–H groups in total. The SMILES string of the molecule is CC(C)(O)CNCCOc1cccc(C(=O)O)c1. The lowest BCUT2D eigenvalue weighted by Crippen LogP contribution is -2.36. The number of ether oxygens (including phenoxy) is 1. The zero-order chi connectivity index (χ0) is 13.6. The fourth-order valence-corrected chi connectivity index (χ4v) is 1.35. The van der Waals surface area contributed by atoms with Gasteiger partial charge in [-0.15, -0.1) is 0 Å².